The lowest BCUT2D eigenvalue weighted by Gasteiger charge is -2.07. The van der Waals surface area contributed by atoms with E-state index in [0.29, 0.717) is 17.4 Å². The van der Waals surface area contributed by atoms with Gasteiger partial charge in [-0.3, -0.25) is 9.59 Å². The summed E-state index contributed by atoms with van der Waals surface area (Å²) in [5.41, 5.74) is 0.932. The van der Waals surface area contributed by atoms with Crippen molar-refractivity contribution in [3.63, 3.8) is 0 Å². The second-order valence-electron chi connectivity index (χ2n) is 3.24. The van der Waals surface area contributed by atoms with E-state index in [1.54, 1.807) is 6.92 Å². The maximum atomic E-state index is 11.3. The van der Waals surface area contributed by atoms with Crippen LogP contribution in [0.2, 0.25) is 5.02 Å². The Morgan fingerprint density at radius 2 is 2.29 bits per heavy atom. The van der Waals surface area contributed by atoms with Crippen LogP contribution < -0.4 is 0 Å². The lowest BCUT2D eigenvalue weighted by atomic mass is 10.0. The van der Waals surface area contributed by atoms with Crippen LogP contribution in [-0.4, -0.2) is 18.9 Å². The van der Waals surface area contributed by atoms with Crippen molar-refractivity contribution in [1.82, 2.24) is 0 Å². The molecule has 0 saturated carbocycles. The van der Waals surface area contributed by atoms with Gasteiger partial charge in [0.1, 0.15) is 0 Å². The topological polar surface area (TPSA) is 67.2 Å². The molecule has 0 N–H and O–H groups in total. The highest BCUT2D eigenvalue weighted by atomic mass is 35.5. The normalized spacial score (nSPS) is 9.47. The third-order valence-corrected chi connectivity index (χ3v) is 2.41. The van der Waals surface area contributed by atoms with Gasteiger partial charge >= 0.3 is 5.97 Å². The first-order valence-corrected chi connectivity index (χ1v) is 5.33. The SMILES string of the molecule is CCOC(=O)Cc1cc(C#N)cc(Cl)c1C=O. The standard InChI is InChI=1S/C12H10ClNO3/c1-2-17-12(16)5-9-3-8(6-14)4-11(13)10(9)7-15/h3-4,7H,2,5H2,1H3. The molecule has 0 spiro atoms. The molecule has 0 heterocycles. The van der Waals surface area contributed by atoms with Crippen LogP contribution in [0, 0.1) is 11.3 Å². The quantitative estimate of drug-likeness (QED) is 0.607. The van der Waals surface area contributed by atoms with Crippen molar-refractivity contribution in [1.29, 1.82) is 5.26 Å². The Kier molecular flexibility index (Phi) is 4.68. The summed E-state index contributed by atoms with van der Waals surface area (Å²) in [4.78, 5) is 22.2. The molecule has 88 valence electrons. The third-order valence-electron chi connectivity index (χ3n) is 2.10. The maximum absolute atomic E-state index is 11.3. The summed E-state index contributed by atoms with van der Waals surface area (Å²) >= 11 is 5.84. The molecule has 1 rings (SSSR count). The third kappa shape index (κ3) is 3.30. The van der Waals surface area contributed by atoms with Gasteiger partial charge in [-0.15, -0.1) is 0 Å². The molecule has 1 aromatic carbocycles. The minimum atomic E-state index is -0.457. The Morgan fingerprint density at radius 3 is 2.82 bits per heavy atom. The molecule has 5 heteroatoms. The minimum absolute atomic E-state index is 0.0723. The van der Waals surface area contributed by atoms with Crippen molar-refractivity contribution < 1.29 is 14.3 Å². The number of nitriles is 1. The van der Waals surface area contributed by atoms with Gasteiger partial charge in [0.2, 0.25) is 0 Å². The predicted molar refractivity (Wildman–Crippen MR) is 61.9 cm³/mol. The number of hydrogen-bond donors (Lipinski definition) is 0. The van der Waals surface area contributed by atoms with Crippen LogP contribution in [0.25, 0.3) is 0 Å². The molecular weight excluding hydrogens is 242 g/mol. The molecule has 17 heavy (non-hydrogen) atoms. The van der Waals surface area contributed by atoms with Gasteiger partial charge < -0.3 is 4.74 Å². The number of aldehydes is 1. The van der Waals surface area contributed by atoms with Gasteiger partial charge in [-0.25, -0.2) is 0 Å². The Morgan fingerprint density at radius 1 is 1.59 bits per heavy atom. The average Bonchev–Trinajstić information content (AvgIpc) is 2.28. The number of esters is 1. The van der Waals surface area contributed by atoms with Gasteiger partial charge in [0.05, 0.1) is 29.7 Å². The number of halogens is 1. The van der Waals surface area contributed by atoms with Crippen molar-refractivity contribution in [3.8, 4) is 6.07 Å². The summed E-state index contributed by atoms with van der Waals surface area (Å²) < 4.78 is 4.78. The number of nitrogens with zero attached hydrogens (tertiary/aromatic N) is 1. The molecule has 0 saturated heterocycles. The molecule has 0 amide bonds. The summed E-state index contributed by atoms with van der Waals surface area (Å²) in [5, 5.41) is 8.94. The zero-order chi connectivity index (χ0) is 12.8. The van der Waals surface area contributed by atoms with Crippen molar-refractivity contribution in [2.24, 2.45) is 0 Å². The molecule has 0 aliphatic rings. The van der Waals surface area contributed by atoms with Gasteiger partial charge in [-0.05, 0) is 24.6 Å². The van der Waals surface area contributed by atoms with Crippen LogP contribution in [-0.2, 0) is 16.0 Å². The van der Waals surface area contributed by atoms with E-state index in [2.05, 4.69) is 0 Å². The van der Waals surface area contributed by atoms with Gasteiger partial charge in [0, 0.05) is 5.56 Å². The highest BCUT2D eigenvalue weighted by Crippen LogP contribution is 2.21. The van der Waals surface area contributed by atoms with Crippen LogP contribution in [0.3, 0.4) is 0 Å². The molecule has 0 aliphatic heterocycles. The van der Waals surface area contributed by atoms with E-state index in [9.17, 15) is 9.59 Å². The first-order chi connectivity index (χ1) is 8.12. The highest BCUT2D eigenvalue weighted by Gasteiger charge is 2.13. The zero-order valence-corrected chi connectivity index (χ0v) is 9.95. The zero-order valence-electron chi connectivity index (χ0n) is 9.20. The van der Waals surface area contributed by atoms with Gasteiger partial charge in [-0.1, -0.05) is 11.6 Å². The highest BCUT2D eigenvalue weighted by molar-refractivity contribution is 6.33. The molecule has 0 aromatic heterocycles. The van der Waals surface area contributed by atoms with Crippen LogP contribution in [0.4, 0.5) is 0 Å². The lowest BCUT2D eigenvalue weighted by molar-refractivity contribution is -0.142. The summed E-state index contributed by atoms with van der Waals surface area (Å²) in [7, 11) is 0. The van der Waals surface area contributed by atoms with Crippen molar-refractivity contribution in [2.45, 2.75) is 13.3 Å². The monoisotopic (exact) mass is 251 g/mol. The molecule has 0 unspecified atom stereocenters. The second kappa shape index (κ2) is 6.02. The fourth-order valence-electron chi connectivity index (χ4n) is 1.39. The van der Waals surface area contributed by atoms with E-state index < -0.39 is 5.97 Å². The average molecular weight is 252 g/mol. The van der Waals surface area contributed by atoms with Gasteiger partial charge in [0.15, 0.2) is 6.29 Å². The largest absolute Gasteiger partial charge is 0.466 e. The lowest BCUT2D eigenvalue weighted by Crippen LogP contribution is -2.09. The van der Waals surface area contributed by atoms with Crippen LogP contribution in [0.15, 0.2) is 12.1 Å². The molecule has 0 fully saturated rings. The van der Waals surface area contributed by atoms with Crippen molar-refractivity contribution in [2.75, 3.05) is 6.61 Å². The fourth-order valence-corrected chi connectivity index (χ4v) is 1.67. The van der Waals surface area contributed by atoms with E-state index in [1.165, 1.54) is 12.1 Å². The Balaban J connectivity index is 3.12. The minimum Gasteiger partial charge on any atom is -0.466 e. The van der Waals surface area contributed by atoms with E-state index >= 15 is 0 Å². The number of rotatable bonds is 4. The molecular formula is C12H10ClNO3. The Hall–Kier alpha value is -1.86. The number of carbonyl (C=O) groups excluding carboxylic acids is 2. The maximum Gasteiger partial charge on any atom is 0.310 e. The number of ether oxygens (including phenoxy) is 1. The van der Waals surface area contributed by atoms with Crippen molar-refractivity contribution in [3.05, 3.63) is 33.8 Å². The first-order valence-electron chi connectivity index (χ1n) is 4.95. The summed E-state index contributed by atoms with van der Waals surface area (Å²) in [5.74, 6) is -0.457. The number of hydrogen-bond acceptors (Lipinski definition) is 4. The van der Waals surface area contributed by atoms with Gasteiger partial charge in [0.25, 0.3) is 0 Å². The van der Waals surface area contributed by atoms with E-state index in [4.69, 9.17) is 21.6 Å². The summed E-state index contributed by atoms with van der Waals surface area (Å²) in [6, 6.07) is 4.77. The molecule has 1 aromatic rings. The molecule has 0 bridgehead atoms. The first kappa shape index (κ1) is 13.2. The molecule has 4 nitrogen and oxygen atoms in total. The molecule has 0 radical (unpaired) electrons. The van der Waals surface area contributed by atoms with E-state index in [1.807, 2.05) is 6.07 Å². The predicted octanol–water partition coefficient (Wildman–Crippen LogP) is 2.13. The summed E-state index contributed by atoms with van der Waals surface area (Å²) in [6.45, 7) is 1.96. The number of benzene rings is 1. The Labute approximate surface area is 104 Å². The molecule has 0 atom stereocenters. The second-order valence-corrected chi connectivity index (χ2v) is 3.65. The molecule has 0 aliphatic carbocycles. The van der Waals surface area contributed by atoms with E-state index in [-0.39, 0.29) is 23.6 Å². The fraction of sp³-hybridized carbons (Fsp3) is 0.250. The van der Waals surface area contributed by atoms with Crippen LogP contribution >= 0.6 is 11.6 Å². The van der Waals surface area contributed by atoms with Crippen LogP contribution in [0.1, 0.15) is 28.4 Å². The smallest absolute Gasteiger partial charge is 0.310 e. The van der Waals surface area contributed by atoms with E-state index in [0.717, 1.165) is 0 Å². The Bertz CT molecular complexity index is 491. The van der Waals surface area contributed by atoms with Crippen molar-refractivity contribution >= 4 is 23.9 Å². The van der Waals surface area contributed by atoms with Crippen LogP contribution in [0.5, 0.6) is 0 Å². The summed E-state index contributed by atoms with van der Waals surface area (Å²) in [6.07, 6.45) is 0.495. The van der Waals surface area contributed by atoms with Gasteiger partial charge in [-0.2, -0.15) is 5.26 Å². The number of carbonyl (C=O) groups is 2.